The van der Waals surface area contributed by atoms with E-state index in [1.54, 1.807) is 7.11 Å². The summed E-state index contributed by atoms with van der Waals surface area (Å²) in [5, 5.41) is 0. The first-order valence-electron chi connectivity index (χ1n) is 13.6. The molecule has 0 spiro atoms. The molecule has 0 aliphatic rings. The molecule has 36 heavy (non-hydrogen) atoms. The lowest BCUT2D eigenvalue weighted by Crippen LogP contribution is -2.30. The van der Waals surface area contributed by atoms with Gasteiger partial charge in [-0.3, -0.25) is 4.90 Å². The molecule has 0 saturated carbocycles. The summed E-state index contributed by atoms with van der Waals surface area (Å²) in [5.74, 6) is 0. The second kappa shape index (κ2) is 26.6. The number of likely N-dealkylation sites (N-methyl/N-ethyl adjacent to an activating group) is 1. The highest BCUT2D eigenvalue weighted by molar-refractivity contribution is 7.81. The molecule has 0 saturated heterocycles. The summed E-state index contributed by atoms with van der Waals surface area (Å²) < 4.78 is 38.3. The van der Waals surface area contributed by atoms with Gasteiger partial charge < -0.3 is 33.2 Å². The molecule has 0 bridgehead atoms. The molecule has 0 amide bonds. The Balaban J connectivity index is 0. The fourth-order valence-electron chi connectivity index (χ4n) is 3.43. The van der Waals surface area contributed by atoms with Crippen molar-refractivity contribution in [3.8, 4) is 0 Å². The van der Waals surface area contributed by atoms with Crippen molar-refractivity contribution in [2.45, 2.75) is 59.6 Å². The number of methoxy groups -OCH3 is 1. The molecule has 0 fully saturated rings. The monoisotopic (exact) mass is 541 g/mol. The average molecular weight is 542 g/mol. The molecule has 220 valence electrons. The molecule has 9 heteroatoms. The smallest absolute Gasteiger partial charge is 0.0701 e. The predicted molar refractivity (Wildman–Crippen MR) is 152 cm³/mol. The number of rotatable bonds is 25. The zero-order valence-electron chi connectivity index (χ0n) is 24.8. The summed E-state index contributed by atoms with van der Waals surface area (Å²) >= 11 is 4.72. The van der Waals surface area contributed by atoms with Gasteiger partial charge in [0.2, 0.25) is 0 Å². The van der Waals surface area contributed by atoms with Crippen molar-refractivity contribution in [2.24, 2.45) is 5.41 Å². The van der Waals surface area contributed by atoms with Crippen LogP contribution in [0.4, 0.5) is 0 Å². The van der Waals surface area contributed by atoms with E-state index >= 15 is 0 Å². The Labute approximate surface area is 228 Å². The topological polar surface area (TPSA) is 67.9 Å². The fourth-order valence-corrected chi connectivity index (χ4v) is 3.99. The van der Waals surface area contributed by atoms with Crippen LogP contribution in [-0.4, -0.2) is 122 Å². The van der Waals surface area contributed by atoms with Crippen LogP contribution in [0, 0.1) is 5.41 Å². The maximum Gasteiger partial charge on any atom is 0.0701 e. The van der Waals surface area contributed by atoms with Gasteiger partial charge in [-0.15, -0.1) is 0 Å². The van der Waals surface area contributed by atoms with Crippen LogP contribution < -0.4 is 0 Å². The Morgan fingerprint density at radius 2 is 0.944 bits per heavy atom. The van der Waals surface area contributed by atoms with E-state index in [2.05, 4.69) is 39.5 Å². The van der Waals surface area contributed by atoms with Crippen molar-refractivity contribution in [3.05, 3.63) is 0 Å². The lowest BCUT2D eigenvalue weighted by Gasteiger charge is -2.31. The molecule has 0 aromatic rings. The van der Waals surface area contributed by atoms with Crippen molar-refractivity contribution in [3.63, 3.8) is 0 Å². The third kappa shape index (κ3) is 30.3. The van der Waals surface area contributed by atoms with Gasteiger partial charge in [-0.2, -0.15) is 12.6 Å². The molecule has 0 heterocycles. The molecule has 0 aromatic heterocycles. The van der Waals surface area contributed by atoms with Crippen LogP contribution in [0.5, 0.6) is 0 Å². The van der Waals surface area contributed by atoms with E-state index in [0.717, 1.165) is 32.7 Å². The number of hydrogen-bond donors (Lipinski definition) is 1. The molecular weight excluding hydrogens is 482 g/mol. The van der Waals surface area contributed by atoms with E-state index in [1.807, 2.05) is 13.8 Å². The van der Waals surface area contributed by atoms with E-state index < -0.39 is 0 Å². The molecule has 0 aliphatic carbocycles. The first-order chi connectivity index (χ1) is 17.2. The van der Waals surface area contributed by atoms with Crippen LogP contribution in [-0.2, 0) is 33.2 Å². The Morgan fingerprint density at radius 3 is 1.31 bits per heavy atom. The minimum absolute atomic E-state index is 0.124. The highest BCUT2D eigenvalue weighted by Gasteiger charge is 2.26. The quantitative estimate of drug-likeness (QED) is 0.136. The number of ether oxygens (including phenoxy) is 7. The average Bonchev–Trinajstić information content (AvgIpc) is 2.82. The standard InChI is InChI=1S/C25H53NO7S.C2H6/c1-7-26(8-10-27-6)9-11-28-12-13-29-14-15-30-16-17-31-18-19-32-20-21-33-23-25(5,34)22-24(2,3)4;1-2/h34H,7-23H2,1-6H3;1-2H3. The van der Waals surface area contributed by atoms with Crippen LogP contribution in [0.15, 0.2) is 0 Å². The molecule has 0 rings (SSSR count). The molecule has 8 nitrogen and oxygen atoms in total. The lowest BCUT2D eigenvalue weighted by molar-refractivity contribution is -0.0187. The van der Waals surface area contributed by atoms with E-state index in [1.165, 1.54) is 0 Å². The van der Waals surface area contributed by atoms with E-state index in [9.17, 15) is 0 Å². The van der Waals surface area contributed by atoms with Gasteiger partial charge in [0.15, 0.2) is 0 Å². The number of thiol groups is 1. The third-order valence-electron chi connectivity index (χ3n) is 4.79. The van der Waals surface area contributed by atoms with Crippen molar-refractivity contribution >= 4 is 12.6 Å². The maximum absolute atomic E-state index is 5.70. The van der Waals surface area contributed by atoms with Crippen LogP contribution in [0.1, 0.15) is 54.9 Å². The second-order valence-corrected chi connectivity index (χ2v) is 10.9. The summed E-state index contributed by atoms with van der Waals surface area (Å²) in [5.41, 5.74) is 0.237. The maximum atomic E-state index is 5.70. The molecule has 0 N–H and O–H groups in total. The zero-order chi connectivity index (χ0) is 27.5. The highest BCUT2D eigenvalue weighted by Crippen LogP contribution is 2.31. The largest absolute Gasteiger partial charge is 0.383 e. The van der Waals surface area contributed by atoms with Crippen molar-refractivity contribution in [1.82, 2.24) is 4.90 Å². The van der Waals surface area contributed by atoms with E-state index in [0.29, 0.717) is 79.3 Å². The summed E-state index contributed by atoms with van der Waals surface area (Å²) in [6.07, 6.45) is 0.995. The molecule has 1 atom stereocenters. The van der Waals surface area contributed by atoms with Crippen LogP contribution >= 0.6 is 12.6 Å². The third-order valence-corrected chi connectivity index (χ3v) is 5.08. The van der Waals surface area contributed by atoms with E-state index in [-0.39, 0.29) is 10.2 Å². The Hall–Kier alpha value is 0.0300. The number of nitrogens with zero attached hydrogens (tertiary/aromatic N) is 1. The van der Waals surface area contributed by atoms with Crippen molar-refractivity contribution in [2.75, 3.05) is 113 Å². The molecule has 0 aliphatic heterocycles. The van der Waals surface area contributed by atoms with Gasteiger partial charge in [0.25, 0.3) is 0 Å². The summed E-state index contributed by atoms with van der Waals surface area (Å²) in [4.78, 5) is 2.30. The zero-order valence-corrected chi connectivity index (χ0v) is 25.7. The predicted octanol–water partition coefficient (Wildman–Crippen LogP) is 4.21. The minimum atomic E-state index is -0.124. The van der Waals surface area contributed by atoms with Gasteiger partial charge >= 0.3 is 0 Å². The first kappa shape index (κ1) is 38.2. The molecule has 0 aromatic carbocycles. The van der Waals surface area contributed by atoms with Crippen molar-refractivity contribution < 1.29 is 33.2 Å². The second-order valence-electron chi connectivity index (χ2n) is 9.78. The van der Waals surface area contributed by atoms with Gasteiger partial charge in [0.1, 0.15) is 0 Å². The Kier molecular flexibility index (Phi) is 28.2. The molecule has 0 radical (unpaired) electrons. The SMILES string of the molecule is CC.CCN(CCOC)CCOCCOCCOCCOCCOCCOCC(C)(S)CC(C)(C)C. The van der Waals surface area contributed by atoms with Crippen LogP contribution in [0.3, 0.4) is 0 Å². The van der Waals surface area contributed by atoms with Gasteiger partial charge in [-0.05, 0) is 25.3 Å². The van der Waals surface area contributed by atoms with Crippen LogP contribution in [0.2, 0.25) is 0 Å². The van der Waals surface area contributed by atoms with Gasteiger partial charge in [-0.25, -0.2) is 0 Å². The summed E-state index contributed by atoms with van der Waals surface area (Å²) in [6.45, 7) is 25.4. The fraction of sp³-hybridized carbons (Fsp3) is 1.00. The number of hydrogen-bond acceptors (Lipinski definition) is 9. The summed E-state index contributed by atoms with van der Waals surface area (Å²) in [7, 11) is 1.72. The van der Waals surface area contributed by atoms with Gasteiger partial charge in [0.05, 0.1) is 85.9 Å². The van der Waals surface area contributed by atoms with Crippen LogP contribution in [0.25, 0.3) is 0 Å². The van der Waals surface area contributed by atoms with Gasteiger partial charge in [-0.1, -0.05) is 41.5 Å². The Bertz CT molecular complexity index is 437. The normalized spacial score (nSPS) is 13.5. The lowest BCUT2D eigenvalue weighted by atomic mass is 9.85. The van der Waals surface area contributed by atoms with E-state index in [4.69, 9.17) is 45.8 Å². The summed E-state index contributed by atoms with van der Waals surface area (Å²) in [6, 6.07) is 0. The highest BCUT2D eigenvalue weighted by atomic mass is 32.1. The Morgan fingerprint density at radius 1 is 0.583 bits per heavy atom. The van der Waals surface area contributed by atoms with Crippen molar-refractivity contribution in [1.29, 1.82) is 0 Å². The minimum Gasteiger partial charge on any atom is -0.383 e. The first-order valence-corrected chi connectivity index (χ1v) is 14.0. The molecular formula is C27H59NO7S. The molecule has 1 unspecified atom stereocenters. The van der Waals surface area contributed by atoms with Gasteiger partial charge in [0, 0.05) is 24.9 Å².